The Morgan fingerprint density at radius 2 is 2.00 bits per heavy atom. The first kappa shape index (κ1) is 14.1. The van der Waals surface area contributed by atoms with Crippen LogP contribution in [0.5, 0.6) is 5.75 Å². The van der Waals surface area contributed by atoms with Gasteiger partial charge in [-0.1, -0.05) is 0 Å². The summed E-state index contributed by atoms with van der Waals surface area (Å²) in [4.78, 5) is 14.6. The standard InChI is InChI=1S/C18H20N4O/c1-23-14-2-3-16-15(12-14)17(4-7-19-16)22-10-5-13(6-11-22)18-20-8-9-21-18/h2-4,7-9,12-13H,5-6,10-11H2,1H3,(H,20,21). The number of piperidine rings is 1. The number of aromatic amines is 1. The van der Waals surface area contributed by atoms with Crippen LogP contribution in [0.3, 0.4) is 0 Å². The lowest BCUT2D eigenvalue weighted by molar-refractivity contribution is 0.415. The molecule has 0 bridgehead atoms. The Labute approximate surface area is 135 Å². The molecule has 3 aromatic rings. The number of pyridine rings is 1. The molecule has 4 rings (SSSR count). The number of ether oxygens (including phenoxy) is 1. The van der Waals surface area contributed by atoms with Crippen LogP contribution in [0.1, 0.15) is 24.6 Å². The highest BCUT2D eigenvalue weighted by Gasteiger charge is 2.23. The third-order valence-electron chi connectivity index (χ3n) is 4.67. The highest BCUT2D eigenvalue weighted by atomic mass is 16.5. The quantitative estimate of drug-likeness (QED) is 0.806. The minimum Gasteiger partial charge on any atom is -0.497 e. The predicted molar refractivity (Wildman–Crippen MR) is 91.1 cm³/mol. The lowest BCUT2D eigenvalue weighted by atomic mass is 9.95. The maximum absolute atomic E-state index is 5.37. The first-order valence-corrected chi connectivity index (χ1v) is 8.02. The van der Waals surface area contributed by atoms with Crippen molar-refractivity contribution in [1.29, 1.82) is 0 Å². The topological polar surface area (TPSA) is 54.0 Å². The van der Waals surface area contributed by atoms with E-state index in [1.54, 1.807) is 7.11 Å². The van der Waals surface area contributed by atoms with Gasteiger partial charge >= 0.3 is 0 Å². The summed E-state index contributed by atoms with van der Waals surface area (Å²) < 4.78 is 5.37. The van der Waals surface area contributed by atoms with Crippen LogP contribution in [0.2, 0.25) is 0 Å². The Morgan fingerprint density at radius 1 is 1.13 bits per heavy atom. The molecule has 0 amide bonds. The predicted octanol–water partition coefficient (Wildman–Crippen LogP) is 3.35. The summed E-state index contributed by atoms with van der Waals surface area (Å²) in [6, 6.07) is 8.17. The molecule has 5 nitrogen and oxygen atoms in total. The number of fused-ring (bicyclic) bond motifs is 1. The van der Waals surface area contributed by atoms with E-state index in [1.165, 1.54) is 5.69 Å². The Morgan fingerprint density at radius 3 is 2.74 bits per heavy atom. The van der Waals surface area contributed by atoms with E-state index in [4.69, 9.17) is 4.74 Å². The minimum atomic E-state index is 0.531. The van der Waals surface area contributed by atoms with Crippen molar-refractivity contribution in [1.82, 2.24) is 15.0 Å². The number of hydrogen-bond donors (Lipinski definition) is 1. The molecule has 23 heavy (non-hydrogen) atoms. The second-order valence-electron chi connectivity index (χ2n) is 5.95. The summed E-state index contributed by atoms with van der Waals surface area (Å²) in [7, 11) is 1.70. The maximum Gasteiger partial charge on any atom is 0.119 e. The Balaban J connectivity index is 1.60. The molecular weight excluding hydrogens is 288 g/mol. The van der Waals surface area contributed by atoms with Gasteiger partial charge in [0.1, 0.15) is 11.6 Å². The SMILES string of the molecule is COc1ccc2nccc(N3CCC(c4ncc[nH]4)CC3)c2c1. The van der Waals surface area contributed by atoms with Crippen LogP contribution in [-0.2, 0) is 0 Å². The summed E-state index contributed by atoms with van der Waals surface area (Å²) in [6.07, 6.45) is 7.86. The number of hydrogen-bond acceptors (Lipinski definition) is 4. The van der Waals surface area contributed by atoms with E-state index in [0.717, 1.165) is 48.4 Å². The number of benzene rings is 1. The van der Waals surface area contributed by atoms with Gasteiger partial charge in [0.25, 0.3) is 0 Å². The molecule has 118 valence electrons. The molecule has 0 spiro atoms. The fraction of sp³-hybridized carbons (Fsp3) is 0.333. The first-order chi connectivity index (χ1) is 11.3. The summed E-state index contributed by atoms with van der Waals surface area (Å²) in [5, 5.41) is 1.16. The van der Waals surface area contributed by atoms with Crippen LogP contribution >= 0.6 is 0 Å². The van der Waals surface area contributed by atoms with E-state index < -0.39 is 0 Å². The molecule has 1 aliphatic rings. The number of H-pyrrole nitrogens is 1. The molecule has 1 N–H and O–H groups in total. The second kappa shape index (κ2) is 5.91. The molecular formula is C18H20N4O. The lowest BCUT2D eigenvalue weighted by Gasteiger charge is -2.33. The zero-order valence-corrected chi connectivity index (χ0v) is 13.2. The molecule has 0 saturated carbocycles. The van der Waals surface area contributed by atoms with Gasteiger partial charge in [-0.2, -0.15) is 0 Å². The van der Waals surface area contributed by atoms with E-state index in [0.29, 0.717) is 5.92 Å². The summed E-state index contributed by atoms with van der Waals surface area (Å²) in [5.41, 5.74) is 2.25. The normalized spacial score (nSPS) is 16.0. The molecule has 1 aromatic carbocycles. The molecule has 1 saturated heterocycles. The van der Waals surface area contributed by atoms with Crippen molar-refractivity contribution in [2.75, 3.05) is 25.1 Å². The number of anilines is 1. The smallest absolute Gasteiger partial charge is 0.119 e. The number of rotatable bonds is 3. The van der Waals surface area contributed by atoms with Gasteiger partial charge in [-0.25, -0.2) is 4.98 Å². The number of methoxy groups -OCH3 is 1. The largest absolute Gasteiger partial charge is 0.497 e. The van der Waals surface area contributed by atoms with Crippen LogP contribution in [0.4, 0.5) is 5.69 Å². The van der Waals surface area contributed by atoms with E-state index >= 15 is 0 Å². The first-order valence-electron chi connectivity index (χ1n) is 8.02. The Kier molecular flexibility index (Phi) is 3.61. The van der Waals surface area contributed by atoms with Crippen molar-refractivity contribution >= 4 is 16.6 Å². The highest BCUT2D eigenvalue weighted by molar-refractivity contribution is 5.92. The van der Waals surface area contributed by atoms with Crippen LogP contribution in [-0.4, -0.2) is 35.2 Å². The Hall–Kier alpha value is -2.56. The van der Waals surface area contributed by atoms with Crippen LogP contribution in [0.25, 0.3) is 10.9 Å². The molecule has 0 atom stereocenters. The zero-order chi connectivity index (χ0) is 15.6. The average Bonchev–Trinajstić information content (AvgIpc) is 3.15. The van der Waals surface area contributed by atoms with Gasteiger partial charge < -0.3 is 14.6 Å². The van der Waals surface area contributed by atoms with Crippen LogP contribution in [0, 0.1) is 0 Å². The molecule has 0 radical (unpaired) electrons. The van der Waals surface area contributed by atoms with E-state index in [9.17, 15) is 0 Å². The van der Waals surface area contributed by atoms with Crippen LogP contribution < -0.4 is 9.64 Å². The highest BCUT2D eigenvalue weighted by Crippen LogP contribution is 2.33. The molecule has 2 aromatic heterocycles. The lowest BCUT2D eigenvalue weighted by Crippen LogP contribution is -2.33. The average molecular weight is 308 g/mol. The van der Waals surface area contributed by atoms with Gasteiger partial charge in [-0.05, 0) is 37.1 Å². The fourth-order valence-electron chi connectivity index (χ4n) is 3.41. The van der Waals surface area contributed by atoms with Gasteiger partial charge in [-0.3, -0.25) is 4.98 Å². The van der Waals surface area contributed by atoms with Gasteiger partial charge in [0, 0.05) is 48.7 Å². The third kappa shape index (κ3) is 2.63. The van der Waals surface area contributed by atoms with Crippen LogP contribution in [0.15, 0.2) is 42.9 Å². The number of aromatic nitrogens is 3. The van der Waals surface area contributed by atoms with Crippen molar-refractivity contribution in [3.05, 3.63) is 48.7 Å². The molecule has 0 aliphatic carbocycles. The van der Waals surface area contributed by atoms with Crippen molar-refractivity contribution in [3.8, 4) is 5.75 Å². The van der Waals surface area contributed by atoms with E-state index in [2.05, 4.69) is 32.0 Å². The van der Waals surface area contributed by atoms with Gasteiger partial charge in [0.2, 0.25) is 0 Å². The fourth-order valence-corrected chi connectivity index (χ4v) is 3.41. The molecule has 1 aliphatic heterocycles. The van der Waals surface area contributed by atoms with Gasteiger partial charge in [-0.15, -0.1) is 0 Å². The van der Waals surface area contributed by atoms with Crippen molar-refractivity contribution in [2.24, 2.45) is 0 Å². The molecule has 1 fully saturated rings. The summed E-state index contributed by atoms with van der Waals surface area (Å²) in [6.45, 7) is 2.06. The zero-order valence-electron chi connectivity index (χ0n) is 13.2. The third-order valence-corrected chi connectivity index (χ3v) is 4.67. The second-order valence-corrected chi connectivity index (χ2v) is 5.95. The van der Waals surface area contributed by atoms with E-state index in [-0.39, 0.29) is 0 Å². The van der Waals surface area contributed by atoms with Gasteiger partial charge in [0.05, 0.1) is 12.6 Å². The summed E-state index contributed by atoms with van der Waals surface area (Å²) in [5.74, 6) is 2.52. The molecule has 3 heterocycles. The van der Waals surface area contributed by atoms with Crippen molar-refractivity contribution in [3.63, 3.8) is 0 Å². The molecule has 0 unspecified atom stereocenters. The minimum absolute atomic E-state index is 0.531. The van der Waals surface area contributed by atoms with E-state index in [1.807, 2.05) is 30.7 Å². The number of nitrogens with one attached hydrogen (secondary N) is 1. The number of nitrogens with zero attached hydrogens (tertiary/aromatic N) is 3. The summed E-state index contributed by atoms with van der Waals surface area (Å²) >= 11 is 0. The monoisotopic (exact) mass is 308 g/mol. The number of imidazole rings is 1. The van der Waals surface area contributed by atoms with Gasteiger partial charge in [0.15, 0.2) is 0 Å². The van der Waals surface area contributed by atoms with Crippen molar-refractivity contribution < 1.29 is 4.74 Å². The Bertz CT molecular complexity index is 792. The molecule has 5 heteroatoms. The van der Waals surface area contributed by atoms with Crippen molar-refractivity contribution in [2.45, 2.75) is 18.8 Å². The maximum atomic E-state index is 5.37.